The molecule has 7 rings (SSSR count). The van der Waals surface area contributed by atoms with Crippen LogP contribution in [0.1, 0.15) is 50.7 Å². The smallest absolute Gasteiger partial charge is 0.377 e. The van der Waals surface area contributed by atoms with Crippen LogP contribution in [-0.2, 0) is 33.7 Å². The first-order chi connectivity index (χ1) is 20.0. The average Bonchev–Trinajstić information content (AvgIpc) is 3.67. The van der Waals surface area contributed by atoms with Crippen LogP contribution in [0.2, 0.25) is 0 Å². The number of anilines is 2. The molecule has 2 fully saturated rings. The van der Waals surface area contributed by atoms with Gasteiger partial charge in [0.1, 0.15) is 10.4 Å². The number of nitrogens with zero attached hydrogens (tertiary/aromatic N) is 3. The average molecular weight is 624 g/mol. The van der Waals surface area contributed by atoms with E-state index < -0.39 is 39.0 Å². The van der Waals surface area contributed by atoms with Gasteiger partial charge in [-0.15, -0.1) is 11.3 Å². The lowest BCUT2D eigenvalue weighted by molar-refractivity contribution is -0.137. The van der Waals surface area contributed by atoms with E-state index in [2.05, 4.69) is 20.6 Å². The second kappa shape index (κ2) is 9.96. The molecule has 1 aliphatic carbocycles. The van der Waals surface area contributed by atoms with Crippen LogP contribution in [0.5, 0.6) is 0 Å². The number of amides is 1. The Morgan fingerprint density at radius 1 is 1.19 bits per heavy atom. The number of carbonyl (C=O) groups excluding carboxylic acids is 1. The number of rotatable bonds is 5. The monoisotopic (exact) mass is 623 g/mol. The number of fused-ring (bicyclic) bond motifs is 2. The van der Waals surface area contributed by atoms with Crippen LogP contribution in [0.4, 0.5) is 29.2 Å². The van der Waals surface area contributed by atoms with Crippen LogP contribution in [0.15, 0.2) is 23.2 Å². The third-order valence-corrected chi connectivity index (χ3v) is 11.1. The molecule has 9 nitrogen and oxygen atoms in total. The van der Waals surface area contributed by atoms with Crippen molar-refractivity contribution in [3.05, 3.63) is 51.3 Å². The zero-order valence-electron chi connectivity index (χ0n) is 22.1. The fourth-order valence-corrected chi connectivity index (χ4v) is 8.52. The lowest BCUT2D eigenvalue weighted by atomic mass is 9.94. The highest BCUT2D eigenvalue weighted by Gasteiger charge is 2.41. The molecule has 1 aromatic carbocycles. The summed E-state index contributed by atoms with van der Waals surface area (Å²) < 4.78 is 89.6. The molecule has 1 saturated carbocycles. The Morgan fingerprint density at radius 3 is 2.67 bits per heavy atom. The predicted molar refractivity (Wildman–Crippen MR) is 145 cm³/mol. The molecule has 3 aromatic rings. The summed E-state index contributed by atoms with van der Waals surface area (Å²) in [6, 6.07) is 2.71. The van der Waals surface area contributed by atoms with Crippen LogP contribution in [0.3, 0.4) is 0 Å². The minimum Gasteiger partial charge on any atom is -0.377 e. The first-order valence-electron chi connectivity index (χ1n) is 13.5. The number of halogens is 4. The molecule has 5 heterocycles. The summed E-state index contributed by atoms with van der Waals surface area (Å²) in [6.45, 7) is 1.62. The lowest BCUT2D eigenvalue weighted by Crippen LogP contribution is -2.52. The molecule has 15 heteroatoms. The van der Waals surface area contributed by atoms with E-state index in [9.17, 15) is 26.4 Å². The van der Waals surface area contributed by atoms with Crippen LogP contribution in [-0.4, -0.2) is 67.3 Å². The Bertz CT molecular complexity index is 1720. The van der Waals surface area contributed by atoms with Gasteiger partial charge in [-0.2, -0.15) is 13.2 Å². The van der Waals surface area contributed by atoms with E-state index >= 15 is 4.39 Å². The third kappa shape index (κ3) is 4.75. The van der Waals surface area contributed by atoms with Crippen LogP contribution < -0.4 is 10.6 Å². The largest absolute Gasteiger partial charge is 0.420 e. The molecule has 2 aromatic heterocycles. The van der Waals surface area contributed by atoms with Gasteiger partial charge in [-0.3, -0.25) is 4.79 Å². The molecule has 0 bridgehead atoms. The van der Waals surface area contributed by atoms with Gasteiger partial charge < -0.3 is 20.3 Å². The first-order valence-corrected chi connectivity index (χ1v) is 16.0. The highest BCUT2D eigenvalue weighted by atomic mass is 32.2. The Morgan fingerprint density at radius 2 is 1.98 bits per heavy atom. The molecule has 1 amide bonds. The molecule has 0 spiro atoms. The number of sulfone groups is 1. The number of nitrogens with one attached hydrogen (secondary N) is 2. The van der Waals surface area contributed by atoms with Crippen molar-refractivity contribution in [3.8, 4) is 10.6 Å². The second-order valence-electron chi connectivity index (χ2n) is 10.9. The molecular formula is C27H25F4N5O4S2. The van der Waals surface area contributed by atoms with Crippen molar-refractivity contribution in [2.24, 2.45) is 0 Å². The highest BCUT2D eigenvalue weighted by Crippen LogP contribution is 2.47. The second-order valence-corrected chi connectivity index (χ2v) is 14.0. The number of alkyl halides is 3. The Kier molecular flexibility index (Phi) is 6.56. The molecule has 2 N–H and O–H groups in total. The molecule has 222 valence electrons. The van der Waals surface area contributed by atoms with Gasteiger partial charge >= 0.3 is 6.18 Å². The normalized spacial score (nSPS) is 20.5. The lowest BCUT2D eigenvalue weighted by Gasteiger charge is -2.36. The van der Waals surface area contributed by atoms with Crippen molar-refractivity contribution in [1.82, 2.24) is 20.2 Å². The first kappa shape index (κ1) is 27.7. The van der Waals surface area contributed by atoms with Gasteiger partial charge in [0.2, 0.25) is 5.95 Å². The van der Waals surface area contributed by atoms with Gasteiger partial charge in [0.25, 0.3) is 5.91 Å². The Balaban J connectivity index is 1.32. The van der Waals surface area contributed by atoms with Gasteiger partial charge in [-0.1, -0.05) is 6.07 Å². The fourth-order valence-electron chi connectivity index (χ4n) is 5.61. The minimum absolute atomic E-state index is 0.0347. The molecule has 42 heavy (non-hydrogen) atoms. The van der Waals surface area contributed by atoms with Gasteiger partial charge in [0.15, 0.2) is 15.7 Å². The summed E-state index contributed by atoms with van der Waals surface area (Å²) in [6.07, 6.45) is -2.08. The SMILES string of the molecule is O=C1c2sc(-c3nc(Nc4c(C5CC5)cc5c(c4F)CCNC5)ncc3C(F)(F)F)cc2S(=O)(=O)CCN1C1COC1. The summed E-state index contributed by atoms with van der Waals surface area (Å²) in [7, 11) is -3.97. The van der Waals surface area contributed by atoms with Crippen LogP contribution in [0.25, 0.3) is 10.6 Å². The van der Waals surface area contributed by atoms with E-state index in [-0.39, 0.29) is 63.8 Å². The van der Waals surface area contributed by atoms with Gasteiger partial charge in [-0.05, 0) is 54.5 Å². The summed E-state index contributed by atoms with van der Waals surface area (Å²) in [5.41, 5.74) is 0.475. The maximum atomic E-state index is 15.8. The topological polar surface area (TPSA) is 114 Å². The van der Waals surface area contributed by atoms with Crippen molar-refractivity contribution in [3.63, 3.8) is 0 Å². The number of benzene rings is 1. The molecule has 4 aliphatic rings. The molecule has 0 unspecified atom stereocenters. The van der Waals surface area contributed by atoms with E-state index in [0.29, 0.717) is 42.6 Å². The van der Waals surface area contributed by atoms with E-state index in [1.807, 2.05) is 6.07 Å². The molecule has 3 aliphatic heterocycles. The van der Waals surface area contributed by atoms with E-state index in [4.69, 9.17) is 4.74 Å². The fraction of sp³-hybridized carbons (Fsp3) is 0.444. The molecular weight excluding hydrogens is 598 g/mol. The zero-order chi connectivity index (χ0) is 29.4. The Hall–Kier alpha value is -3.14. The zero-order valence-corrected chi connectivity index (χ0v) is 23.7. The van der Waals surface area contributed by atoms with E-state index in [0.717, 1.165) is 30.0 Å². The van der Waals surface area contributed by atoms with Crippen molar-refractivity contribution in [1.29, 1.82) is 0 Å². The third-order valence-electron chi connectivity index (χ3n) is 8.09. The number of hydrogen-bond acceptors (Lipinski definition) is 9. The minimum atomic E-state index is -4.88. The number of thiophene rings is 1. The number of aromatic nitrogens is 2. The van der Waals surface area contributed by atoms with Crippen molar-refractivity contribution >= 4 is 38.7 Å². The number of ether oxygens (including phenoxy) is 1. The maximum absolute atomic E-state index is 15.8. The van der Waals surface area contributed by atoms with Crippen LogP contribution >= 0.6 is 11.3 Å². The molecule has 1 saturated heterocycles. The van der Waals surface area contributed by atoms with Gasteiger partial charge in [-0.25, -0.2) is 22.8 Å². The molecule has 0 atom stereocenters. The van der Waals surface area contributed by atoms with Crippen LogP contribution in [0, 0.1) is 5.82 Å². The van der Waals surface area contributed by atoms with Crippen molar-refractivity contribution < 1.29 is 35.5 Å². The quantitative estimate of drug-likeness (QED) is 0.406. The number of hydrogen-bond donors (Lipinski definition) is 2. The predicted octanol–water partition coefficient (Wildman–Crippen LogP) is 4.26. The molecule has 0 radical (unpaired) electrons. The maximum Gasteiger partial charge on any atom is 0.420 e. The van der Waals surface area contributed by atoms with Gasteiger partial charge in [0.05, 0.1) is 46.2 Å². The van der Waals surface area contributed by atoms with E-state index in [1.54, 1.807) is 0 Å². The summed E-state index contributed by atoms with van der Waals surface area (Å²) in [5.74, 6) is -1.55. The van der Waals surface area contributed by atoms with Crippen molar-refractivity contribution in [2.75, 3.05) is 37.4 Å². The summed E-state index contributed by atoms with van der Waals surface area (Å²) in [4.78, 5) is 22.1. The highest BCUT2D eigenvalue weighted by molar-refractivity contribution is 7.91. The summed E-state index contributed by atoms with van der Waals surface area (Å²) >= 11 is 0.643. The standard InChI is InChI=1S/C27H25F4N5O4S2/c28-21-16-3-4-32-9-14(16)7-17(13-1-2-13)22(21)34-26-33-10-18(27(29,30)31)23(35-26)19-8-20-24(41-19)25(37)36(15-11-40-12-15)5-6-42(20,38)39/h7-8,10,13,15,32H,1-6,9,11-12H2,(H,33,34,35). The summed E-state index contributed by atoms with van der Waals surface area (Å²) in [5, 5.41) is 6.07. The Labute approximate surface area is 242 Å². The number of carbonyl (C=O) groups is 1. The van der Waals surface area contributed by atoms with E-state index in [1.165, 1.54) is 4.90 Å². The van der Waals surface area contributed by atoms with Gasteiger partial charge in [0, 0.05) is 19.3 Å². The van der Waals surface area contributed by atoms with Crippen molar-refractivity contribution in [2.45, 2.75) is 48.8 Å².